The molecule has 0 fully saturated rings. The van der Waals surface area contributed by atoms with E-state index >= 15 is 0 Å². The molecule has 0 aromatic carbocycles. The van der Waals surface area contributed by atoms with E-state index in [1.54, 1.807) is 0 Å². The van der Waals surface area contributed by atoms with Crippen LogP contribution in [0.4, 0.5) is 0 Å². The molecule has 0 radical (unpaired) electrons. The summed E-state index contributed by atoms with van der Waals surface area (Å²) in [5, 5.41) is 27.7. The highest BCUT2D eigenvalue weighted by atomic mass is 79.9. The van der Waals surface area contributed by atoms with Gasteiger partial charge in [-0.1, -0.05) is 96.8 Å². The molecule has 0 aliphatic rings. The van der Waals surface area contributed by atoms with Gasteiger partial charge in [0.05, 0.1) is 26.2 Å². The highest BCUT2D eigenvalue weighted by molar-refractivity contribution is 4.54. The summed E-state index contributed by atoms with van der Waals surface area (Å²) in [7, 11) is 0. The second kappa shape index (κ2) is 30.5. The Bertz CT molecular complexity index is 358. The van der Waals surface area contributed by atoms with Gasteiger partial charge in [-0.25, -0.2) is 0 Å². The smallest absolute Gasteiger partial charge is 0.0787 e. The molecule has 0 heterocycles. The molecule has 0 aliphatic heterocycles. The Labute approximate surface area is 230 Å². The lowest BCUT2D eigenvalue weighted by Gasteiger charge is -2.39. The first-order valence-corrected chi connectivity index (χ1v) is 15.4. The first-order chi connectivity index (χ1) is 16.7. The molecule has 0 bridgehead atoms. The number of aliphatic hydroxyl groups is 3. The van der Waals surface area contributed by atoms with E-state index in [1.165, 1.54) is 109 Å². The van der Waals surface area contributed by atoms with E-state index in [1.807, 2.05) is 0 Å². The number of rotatable bonds is 29. The zero-order valence-corrected chi connectivity index (χ0v) is 25.3. The van der Waals surface area contributed by atoms with Crippen LogP contribution in [0.15, 0.2) is 0 Å². The minimum atomic E-state index is 0. The Hall–Kier alpha value is 0.320. The fourth-order valence-corrected chi connectivity index (χ4v) is 5.34. The van der Waals surface area contributed by atoms with Crippen molar-refractivity contribution in [3.05, 3.63) is 0 Å². The maximum atomic E-state index is 9.24. The molecule has 3 N–H and O–H groups in total. The first kappa shape index (κ1) is 37.5. The summed E-state index contributed by atoms with van der Waals surface area (Å²) in [6, 6.07) is 0. The molecule has 35 heavy (non-hydrogen) atoms. The van der Waals surface area contributed by atoms with Crippen molar-refractivity contribution in [1.82, 2.24) is 0 Å². The predicted molar refractivity (Wildman–Crippen MR) is 148 cm³/mol. The van der Waals surface area contributed by atoms with E-state index in [9.17, 15) is 15.3 Å². The number of unbranched alkanes of at least 4 members (excludes halogenated alkanes) is 18. The topological polar surface area (TPSA) is 60.7 Å². The zero-order chi connectivity index (χ0) is 25.0. The molecular weight excluding hydrogens is 502 g/mol. The third-order valence-corrected chi connectivity index (χ3v) is 7.61. The van der Waals surface area contributed by atoms with Gasteiger partial charge in [0.15, 0.2) is 0 Å². The van der Waals surface area contributed by atoms with Crippen LogP contribution in [0.25, 0.3) is 0 Å². The van der Waals surface area contributed by atoms with Gasteiger partial charge in [0.2, 0.25) is 0 Å². The second-order valence-corrected chi connectivity index (χ2v) is 10.8. The van der Waals surface area contributed by atoms with Gasteiger partial charge >= 0.3 is 0 Å². The highest BCUT2D eigenvalue weighted by Crippen LogP contribution is 2.18. The van der Waals surface area contributed by atoms with E-state index in [4.69, 9.17) is 0 Å². The summed E-state index contributed by atoms with van der Waals surface area (Å²) in [4.78, 5) is 0. The van der Waals surface area contributed by atoms with Gasteiger partial charge in [-0.05, 0) is 51.4 Å². The molecule has 5 heteroatoms. The molecule has 0 amide bonds. The van der Waals surface area contributed by atoms with Gasteiger partial charge in [0.1, 0.15) is 0 Å². The summed E-state index contributed by atoms with van der Waals surface area (Å²) < 4.78 is 1.12. The fourth-order valence-electron chi connectivity index (χ4n) is 5.34. The standard InChI is InChI=1S/C30H64NO3.BrH/c1-2-3-4-5-6-7-8-9-10-11-12-13-14-15-16-17-24-31(25-18-21-28-32,26-19-22-29-33)27-20-23-30-34;/h32-34H,2-30H2,1H3;1H/q+1;/p-1. The monoisotopic (exact) mass is 565 g/mol. The van der Waals surface area contributed by atoms with Crippen molar-refractivity contribution >= 4 is 0 Å². The minimum absolute atomic E-state index is 0. The molecule has 0 saturated carbocycles. The number of halogens is 1. The maximum absolute atomic E-state index is 9.24. The molecule has 0 saturated heterocycles. The average molecular weight is 567 g/mol. The lowest BCUT2D eigenvalue weighted by Crippen LogP contribution is -3.00. The predicted octanol–water partition coefficient (Wildman–Crippen LogP) is 4.39. The van der Waals surface area contributed by atoms with Crippen molar-refractivity contribution in [1.29, 1.82) is 0 Å². The van der Waals surface area contributed by atoms with Crippen LogP contribution in [0.5, 0.6) is 0 Å². The van der Waals surface area contributed by atoms with Crippen molar-refractivity contribution in [2.24, 2.45) is 0 Å². The van der Waals surface area contributed by atoms with Gasteiger partial charge in [-0.3, -0.25) is 0 Å². The van der Waals surface area contributed by atoms with Crippen LogP contribution in [-0.2, 0) is 0 Å². The van der Waals surface area contributed by atoms with Crippen LogP contribution >= 0.6 is 0 Å². The zero-order valence-electron chi connectivity index (χ0n) is 23.7. The maximum Gasteiger partial charge on any atom is 0.0787 e. The molecule has 0 atom stereocenters. The van der Waals surface area contributed by atoms with E-state index in [2.05, 4.69) is 6.92 Å². The van der Waals surface area contributed by atoms with Crippen molar-refractivity contribution in [2.45, 2.75) is 148 Å². The number of quaternary nitrogens is 1. The van der Waals surface area contributed by atoms with Gasteiger partial charge in [-0.2, -0.15) is 0 Å². The lowest BCUT2D eigenvalue weighted by atomic mass is 10.0. The lowest BCUT2D eigenvalue weighted by molar-refractivity contribution is -0.929. The Morgan fingerprint density at radius 3 is 0.829 bits per heavy atom. The summed E-state index contributed by atoms with van der Waals surface area (Å²) >= 11 is 0. The van der Waals surface area contributed by atoms with Crippen LogP contribution < -0.4 is 17.0 Å². The molecule has 0 rings (SSSR count). The number of nitrogens with zero attached hydrogens (tertiary/aromatic N) is 1. The highest BCUT2D eigenvalue weighted by Gasteiger charge is 2.25. The summed E-state index contributed by atoms with van der Waals surface area (Å²) in [6.45, 7) is 7.77. The molecule has 0 aliphatic carbocycles. The van der Waals surface area contributed by atoms with E-state index in [0.29, 0.717) is 0 Å². The summed E-state index contributed by atoms with van der Waals surface area (Å²) in [5.41, 5.74) is 0. The Balaban J connectivity index is 0. The van der Waals surface area contributed by atoms with E-state index in [-0.39, 0.29) is 36.8 Å². The number of aliphatic hydroxyl groups excluding tert-OH is 3. The van der Waals surface area contributed by atoms with Gasteiger partial charge in [-0.15, -0.1) is 0 Å². The van der Waals surface area contributed by atoms with Crippen LogP contribution in [0.2, 0.25) is 0 Å². The third kappa shape index (κ3) is 25.7. The van der Waals surface area contributed by atoms with Crippen molar-refractivity contribution in [3.63, 3.8) is 0 Å². The quantitative estimate of drug-likeness (QED) is 0.0930. The molecule has 214 valence electrons. The summed E-state index contributed by atoms with van der Waals surface area (Å²) in [5.74, 6) is 0. The average Bonchev–Trinajstić information content (AvgIpc) is 2.84. The van der Waals surface area contributed by atoms with Crippen LogP contribution in [-0.4, -0.2) is 65.8 Å². The number of hydrogen-bond acceptors (Lipinski definition) is 3. The van der Waals surface area contributed by atoms with Gasteiger partial charge < -0.3 is 36.8 Å². The van der Waals surface area contributed by atoms with E-state index < -0.39 is 0 Å². The van der Waals surface area contributed by atoms with Gasteiger partial charge in [0, 0.05) is 19.8 Å². The largest absolute Gasteiger partial charge is 1.00 e. The normalized spacial score (nSPS) is 11.7. The van der Waals surface area contributed by atoms with Crippen LogP contribution in [0.3, 0.4) is 0 Å². The molecule has 0 aromatic rings. The van der Waals surface area contributed by atoms with Crippen molar-refractivity contribution in [2.75, 3.05) is 46.0 Å². The fraction of sp³-hybridized carbons (Fsp3) is 1.00. The van der Waals surface area contributed by atoms with Crippen LogP contribution in [0, 0.1) is 0 Å². The molecular formula is C30H64BrNO3. The second-order valence-electron chi connectivity index (χ2n) is 10.8. The minimum Gasteiger partial charge on any atom is -1.00 e. The molecule has 0 spiro atoms. The Morgan fingerprint density at radius 2 is 0.571 bits per heavy atom. The molecule has 0 unspecified atom stereocenters. The van der Waals surface area contributed by atoms with E-state index in [0.717, 1.165) is 62.6 Å². The van der Waals surface area contributed by atoms with Crippen molar-refractivity contribution < 1.29 is 36.8 Å². The third-order valence-electron chi connectivity index (χ3n) is 7.61. The SMILES string of the molecule is CCCCCCCCCCCCCCCCCC[N+](CCCCO)(CCCCO)CCCCO.[Br-]. The Kier molecular flexibility index (Phi) is 32.7. The number of hydrogen-bond donors (Lipinski definition) is 3. The Morgan fingerprint density at radius 1 is 0.343 bits per heavy atom. The van der Waals surface area contributed by atoms with Crippen LogP contribution in [0.1, 0.15) is 148 Å². The first-order valence-electron chi connectivity index (χ1n) is 15.4. The van der Waals surface area contributed by atoms with Gasteiger partial charge in [0.25, 0.3) is 0 Å². The molecule has 4 nitrogen and oxygen atoms in total. The van der Waals surface area contributed by atoms with Crippen molar-refractivity contribution in [3.8, 4) is 0 Å². The summed E-state index contributed by atoms with van der Waals surface area (Å²) in [6.07, 6.45) is 28.4. The molecule has 0 aromatic heterocycles.